The number of benzene rings is 1. The summed E-state index contributed by atoms with van der Waals surface area (Å²) >= 11 is 1.69. The fraction of sp³-hybridized carbons (Fsp3) is 0.455. The molecule has 28 heavy (non-hydrogen) atoms. The van der Waals surface area contributed by atoms with Crippen LogP contribution in [0.1, 0.15) is 26.2 Å². The first kappa shape index (κ1) is 19.4. The van der Waals surface area contributed by atoms with Crippen molar-refractivity contribution in [1.29, 1.82) is 0 Å². The monoisotopic (exact) mass is 399 g/mol. The third-order valence-electron chi connectivity index (χ3n) is 5.66. The van der Waals surface area contributed by atoms with Gasteiger partial charge in [-0.3, -0.25) is 14.9 Å². The molecule has 3 aliphatic rings. The molecule has 0 aromatic heterocycles. The Kier molecular flexibility index (Phi) is 5.71. The zero-order chi connectivity index (χ0) is 19.6. The van der Waals surface area contributed by atoms with Gasteiger partial charge >= 0.3 is 0 Å². The molecule has 2 amide bonds. The van der Waals surface area contributed by atoms with Gasteiger partial charge in [0.1, 0.15) is 5.44 Å². The van der Waals surface area contributed by atoms with E-state index in [1.54, 1.807) is 11.8 Å². The highest BCUT2D eigenvalue weighted by atomic mass is 32.2. The Hall–Kier alpha value is -1.89. The Morgan fingerprint density at radius 3 is 2.79 bits per heavy atom. The number of carbonyl (C=O) groups excluding carboxylic acids is 2. The summed E-state index contributed by atoms with van der Waals surface area (Å²) in [5.41, 5.74) is 0.421. The Bertz CT molecular complexity index is 806. The molecule has 5 nitrogen and oxygen atoms in total. The van der Waals surface area contributed by atoms with Gasteiger partial charge in [0, 0.05) is 17.2 Å². The van der Waals surface area contributed by atoms with Gasteiger partial charge in [-0.2, -0.15) is 0 Å². The van der Waals surface area contributed by atoms with E-state index in [1.165, 1.54) is 4.90 Å². The summed E-state index contributed by atoms with van der Waals surface area (Å²) in [6.07, 6.45) is 8.09. The summed E-state index contributed by atoms with van der Waals surface area (Å²) in [7, 11) is 0. The van der Waals surface area contributed by atoms with Crippen LogP contribution in [0.5, 0.6) is 0 Å². The zero-order valence-electron chi connectivity index (χ0n) is 15.9. The first-order chi connectivity index (χ1) is 13.5. The van der Waals surface area contributed by atoms with Crippen molar-refractivity contribution in [3.63, 3.8) is 0 Å². The van der Waals surface area contributed by atoms with Crippen LogP contribution in [-0.2, 0) is 19.1 Å². The summed E-state index contributed by atoms with van der Waals surface area (Å²) in [6.45, 7) is 3.13. The molecule has 2 heterocycles. The van der Waals surface area contributed by atoms with Crippen molar-refractivity contribution in [1.82, 2.24) is 5.32 Å². The van der Waals surface area contributed by atoms with E-state index in [9.17, 15) is 9.59 Å². The number of hydrogen-bond donors (Lipinski definition) is 1. The van der Waals surface area contributed by atoms with Crippen molar-refractivity contribution in [2.45, 2.75) is 42.6 Å². The lowest BCUT2D eigenvalue weighted by atomic mass is 9.68. The second-order valence-electron chi connectivity index (χ2n) is 7.67. The lowest BCUT2D eigenvalue weighted by molar-refractivity contribution is -0.141. The molecule has 6 heteroatoms. The van der Waals surface area contributed by atoms with Crippen molar-refractivity contribution in [3.8, 4) is 0 Å². The number of rotatable bonds is 5. The lowest BCUT2D eigenvalue weighted by Crippen LogP contribution is -2.51. The van der Waals surface area contributed by atoms with E-state index in [1.807, 2.05) is 37.3 Å². The van der Waals surface area contributed by atoms with Crippen LogP contribution < -0.4 is 5.32 Å². The second kappa shape index (κ2) is 8.23. The average molecular weight is 400 g/mol. The van der Waals surface area contributed by atoms with Crippen LogP contribution in [0, 0.1) is 11.3 Å². The number of ether oxygens (including phenoxy) is 2. The van der Waals surface area contributed by atoms with Crippen LogP contribution in [0.4, 0.5) is 0 Å². The Morgan fingerprint density at radius 2 is 1.96 bits per heavy atom. The summed E-state index contributed by atoms with van der Waals surface area (Å²) in [6, 6.07) is 10.2. The number of allylic oxidation sites excluding steroid dienone is 3. The highest BCUT2D eigenvalue weighted by molar-refractivity contribution is 7.99. The molecule has 2 aliphatic heterocycles. The molecule has 0 spiro atoms. The van der Waals surface area contributed by atoms with Crippen LogP contribution in [0.3, 0.4) is 0 Å². The highest BCUT2D eigenvalue weighted by Gasteiger charge is 2.45. The quantitative estimate of drug-likeness (QED) is 0.768. The van der Waals surface area contributed by atoms with Gasteiger partial charge in [0.25, 0.3) is 0 Å². The molecule has 1 aromatic rings. The maximum Gasteiger partial charge on any atom is 0.236 e. The number of thioether (sulfide) groups is 1. The van der Waals surface area contributed by atoms with E-state index >= 15 is 0 Å². The number of nitrogens with one attached hydrogen (secondary N) is 1. The van der Waals surface area contributed by atoms with Gasteiger partial charge in [-0.25, -0.2) is 0 Å². The van der Waals surface area contributed by atoms with E-state index in [-0.39, 0.29) is 29.3 Å². The number of piperidine rings is 1. The predicted octanol–water partition coefficient (Wildman–Crippen LogP) is 3.47. The van der Waals surface area contributed by atoms with Crippen molar-refractivity contribution in [2.24, 2.45) is 11.3 Å². The fourth-order valence-electron chi connectivity index (χ4n) is 3.98. The molecule has 1 N–H and O–H groups in total. The van der Waals surface area contributed by atoms with Crippen LogP contribution in [0.15, 0.2) is 59.0 Å². The molecule has 0 radical (unpaired) electrons. The Labute approximate surface area is 169 Å². The van der Waals surface area contributed by atoms with Gasteiger partial charge in [0.15, 0.2) is 0 Å². The van der Waals surface area contributed by atoms with Crippen LogP contribution in [0.25, 0.3) is 0 Å². The summed E-state index contributed by atoms with van der Waals surface area (Å²) < 4.78 is 12.0. The van der Waals surface area contributed by atoms with Gasteiger partial charge in [0.2, 0.25) is 11.8 Å². The number of amides is 2. The van der Waals surface area contributed by atoms with Crippen LogP contribution in [-0.4, -0.2) is 36.6 Å². The highest BCUT2D eigenvalue weighted by Crippen LogP contribution is 2.41. The zero-order valence-corrected chi connectivity index (χ0v) is 16.7. The molecule has 4 atom stereocenters. The smallest absolute Gasteiger partial charge is 0.236 e. The lowest BCUT2D eigenvalue weighted by Gasteiger charge is -2.38. The van der Waals surface area contributed by atoms with Crippen molar-refractivity contribution in [2.75, 3.05) is 13.2 Å². The first-order valence-corrected chi connectivity index (χ1v) is 10.6. The van der Waals surface area contributed by atoms with Gasteiger partial charge in [-0.15, -0.1) is 0 Å². The van der Waals surface area contributed by atoms with Crippen LogP contribution in [0.2, 0.25) is 0 Å². The van der Waals surface area contributed by atoms with Crippen molar-refractivity contribution < 1.29 is 19.1 Å². The number of fused-ring (bicyclic) bond motifs is 1. The standard InChI is InChI=1S/C22H25NO4S/c1-22-14-15(7-9-16(22)13-19(24)23-21(22)25)8-10-18-20(27-12-11-26-18)28-17-5-3-2-4-6-17/h2-7,9,14,16,18,20H,8,10-13H2,1H3,(H,23,24,25). The molecule has 1 aromatic carbocycles. The van der Waals surface area contributed by atoms with Gasteiger partial charge in [-0.05, 0) is 31.9 Å². The van der Waals surface area contributed by atoms with E-state index in [4.69, 9.17) is 9.47 Å². The molecule has 2 saturated heterocycles. The minimum absolute atomic E-state index is 0.000505. The normalized spacial score (nSPS) is 32.5. The third kappa shape index (κ3) is 4.09. The Balaban J connectivity index is 1.41. The summed E-state index contributed by atoms with van der Waals surface area (Å²) in [4.78, 5) is 25.2. The van der Waals surface area contributed by atoms with E-state index in [0.29, 0.717) is 19.6 Å². The minimum Gasteiger partial charge on any atom is -0.372 e. The molecule has 4 rings (SSSR count). The molecule has 148 valence electrons. The summed E-state index contributed by atoms with van der Waals surface area (Å²) in [5.74, 6) is -0.457. The van der Waals surface area contributed by atoms with Crippen molar-refractivity contribution >= 4 is 23.6 Å². The van der Waals surface area contributed by atoms with E-state index in [0.717, 1.165) is 18.4 Å². The predicted molar refractivity (Wildman–Crippen MR) is 108 cm³/mol. The summed E-state index contributed by atoms with van der Waals surface area (Å²) in [5, 5.41) is 2.48. The topological polar surface area (TPSA) is 64.6 Å². The van der Waals surface area contributed by atoms with Gasteiger partial charge < -0.3 is 9.47 Å². The molecule has 4 unspecified atom stereocenters. The van der Waals surface area contributed by atoms with Gasteiger partial charge in [0.05, 0.1) is 24.7 Å². The SMILES string of the molecule is CC12C=C(CCC3OCCOC3Sc3ccccc3)C=CC1CC(=O)NC2=O. The maximum absolute atomic E-state index is 12.4. The number of hydrogen-bond acceptors (Lipinski definition) is 5. The van der Waals surface area contributed by atoms with E-state index < -0.39 is 5.41 Å². The van der Waals surface area contributed by atoms with Gasteiger partial charge in [-0.1, -0.05) is 53.8 Å². The van der Waals surface area contributed by atoms with E-state index in [2.05, 4.69) is 23.5 Å². The maximum atomic E-state index is 12.4. The third-order valence-corrected chi connectivity index (χ3v) is 6.88. The molecule has 0 saturated carbocycles. The molecule has 1 aliphatic carbocycles. The Morgan fingerprint density at radius 1 is 1.18 bits per heavy atom. The van der Waals surface area contributed by atoms with Crippen LogP contribution >= 0.6 is 11.8 Å². The number of carbonyl (C=O) groups is 2. The molecule has 0 bridgehead atoms. The second-order valence-corrected chi connectivity index (χ2v) is 8.84. The molecular weight excluding hydrogens is 374 g/mol. The largest absolute Gasteiger partial charge is 0.372 e. The fourth-order valence-corrected chi connectivity index (χ4v) is 5.10. The number of imide groups is 1. The minimum atomic E-state index is -0.653. The van der Waals surface area contributed by atoms with Crippen molar-refractivity contribution in [3.05, 3.63) is 54.1 Å². The molecule has 2 fully saturated rings. The molecular formula is C22H25NO4S. The average Bonchev–Trinajstić information content (AvgIpc) is 2.69. The first-order valence-electron chi connectivity index (χ1n) is 9.74.